The first-order chi connectivity index (χ1) is 8.01. The third-order valence-corrected chi connectivity index (χ3v) is 3.68. The average molecular weight is 233 g/mol. The SMILES string of the molecule is Cc1ccc(C2CCNC(C)(C(=O)O)C2)cc1. The summed E-state index contributed by atoms with van der Waals surface area (Å²) in [5, 5.41) is 12.4. The minimum atomic E-state index is -0.784. The zero-order chi connectivity index (χ0) is 12.5. The summed E-state index contributed by atoms with van der Waals surface area (Å²) in [6, 6.07) is 8.42. The Kier molecular flexibility index (Phi) is 3.20. The standard InChI is InChI=1S/C14H19NO2/c1-10-3-5-11(6-4-10)12-7-8-15-14(2,9-12)13(16)17/h3-6,12,15H,7-9H2,1-2H3,(H,16,17). The van der Waals surface area contributed by atoms with E-state index in [1.54, 1.807) is 6.92 Å². The van der Waals surface area contributed by atoms with Crippen molar-refractivity contribution in [2.24, 2.45) is 0 Å². The maximum absolute atomic E-state index is 11.2. The minimum Gasteiger partial charge on any atom is -0.480 e. The molecule has 0 bridgehead atoms. The van der Waals surface area contributed by atoms with Gasteiger partial charge in [-0.3, -0.25) is 4.79 Å². The van der Waals surface area contributed by atoms with Gasteiger partial charge in [0.2, 0.25) is 0 Å². The summed E-state index contributed by atoms with van der Waals surface area (Å²) < 4.78 is 0. The maximum atomic E-state index is 11.2. The first-order valence-electron chi connectivity index (χ1n) is 6.06. The zero-order valence-corrected chi connectivity index (χ0v) is 10.4. The summed E-state index contributed by atoms with van der Waals surface area (Å²) >= 11 is 0. The van der Waals surface area contributed by atoms with Crippen LogP contribution in [0.25, 0.3) is 0 Å². The van der Waals surface area contributed by atoms with Crippen LogP contribution in [0.2, 0.25) is 0 Å². The van der Waals surface area contributed by atoms with Crippen molar-refractivity contribution in [2.45, 2.75) is 38.1 Å². The molecule has 2 atom stereocenters. The molecule has 92 valence electrons. The lowest BCUT2D eigenvalue weighted by atomic mass is 9.79. The van der Waals surface area contributed by atoms with Crippen LogP contribution in [0.1, 0.15) is 36.8 Å². The van der Waals surface area contributed by atoms with Crippen molar-refractivity contribution in [1.82, 2.24) is 5.32 Å². The fourth-order valence-electron chi connectivity index (χ4n) is 2.48. The molecule has 1 heterocycles. The van der Waals surface area contributed by atoms with E-state index in [-0.39, 0.29) is 0 Å². The molecule has 1 saturated heterocycles. The fourth-order valence-corrected chi connectivity index (χ4v) is 2.48. The second-order valence-corrected chi connectivity index (χ2v) is 5.16. The lowest BCUT2D eigenvalue weighted by Crippen LogP contribution is -2.53. The number of rotatable bonds is 2. The number of hydrogen-bond acceptors (Lipinski definition) is 2. The number of carboxylic acid groups (broad SMARTS) is 1. The highest BCUT2D eigenvalue weighted by Crippen LogP contribution is 2.32. The molecule has 1 fully saturated rings. The largest absolute Gasteiger partial charge is 0.480 e. The predicted molar refractivity (Wildman–Crippen MR) is 67.2 cm³/mol. The molecule has 1 aromatic rings. The van der Waals surface area contributed by atoms with E-state index in [9.17, 15) is 9.90 Å². The van der Waals surface area contributed by atoms with Crippen molar-refractivity contribution in [2.75, 3.05) is 6.54 Å². The van der Waals surface area contributed by atoms with Gasteiger partial charge in [-0.05, 0) is 44.7 Å². The predicted octanol–water partition coefficient (Wildman–Crippen LogP) is 2.31. The highest BCUT2D eigenvalue weighted by Gasteiger charge is 2.38. The van der Waals surface area contributed by atoms with Gasteiger partial charge in [-0.15, -0.1) is 0 Å². The highest BCUT2D eigenvalue weighted by atomic mass is 16.4. The summed E-state index contributed by atoms with van der Waals surface area (Å²) in [7, 11) is 0. The van der Waals surface area contributed by atoms with E-state index < -0.39 is 11.5 Å². The highest BCUT2D eigenvalue weighted by molar-refractivity contribution is 5.78. The lowest BCUT2D eigenvalue weighted by Gasteiger charge is -2.36. The van der Waals surface area contributed by atoms with Gasteiger partial charge in [-0.1, -0.05) is 29.8 Å². The summed E-state index contributed by atoms with van der Waals surface area (Å²) in [6.45, 7) is 4.60. The maximum Gasteiger partial charge on any atom is 0.323 e. The minimum absolute atomic E-state index is 0.345. The number of carboxylic acids is 1. The molecule has 3 nitrogen and oxygen atoms in total. The molecule has 2 unspecified atom stereocenters. The summed E-state index contributed by atoms with van der Waals surface area (Å²) in [5.41, 5.74) is 1.71. The number of hydrogen-bond donors (Lipinski definition) is 2. The number of aliphatic carboxylic acids is 1. The van der Waals surface area contributed by atoms with Gasteiger partial charge in [0, 0.05) is 0 Å². The van der Waals surface area contributed by atoms with Crippen LogP contribution in [-0.2, 0) is 4.79 Å². The Morgan fingerprint density at radius 2 is 2.06 bits per heavy atom. The second-order valence-electron chi connectivity index (χ2n) is 5.16. The molecule has 0 aromatic heterocycles. The number of carbonyl (C=O) groups is 1. The Bertz CT molecular complexity index is 413. The zero-order valence-electron chi connectivity index (χ0n) is 10.4. The van der Waals surface area contributed by atoms with Gasteiger partial charge < -0.3 is 10.4 Å². The molecule has 0 aliphatic carbocycles. The van der Waals surface area contributed by atoms with E-state index in [1.165, 1.54) is 11.1 Å². The first kappa shape index (κ1) is 12.1. The monoisotopic (exact) mass is 233 g/mol. The van der Waals surface area contributed by atoms with Gasteiger partial charge >= 0.3 is 5.97 Å². The van der Waals surface area contributed by atoms with Crippen LogP contribution in [0.3, 0.4) is 0 Å². The second kappa shape index (κ2) is 4.49. The van der Waals surface area contributed by atoms with Gasteiger partial charge in [0.1, 0.15) is 5.54 Å². The van der Waals surface area contributed by atoms with E-state index in [2.05, 4.69) is 36.5 Å². The number of aryl methyl sites for hydroxylation is 1. The van der Waals surface area contributed by atoms with Crippen molar-refractivity contribution in [3.63, 3.8) is 0 Å². The smallest absolute Gasteiger partial charge is 0.323 e. The van der Waals surface area contributed by atoms with Crippen LogP contribution in [0.15, 0.2) is 24.3 Å². The van der Waals surface area contributed by atoms with Gasteiger partial charge in [0.15, 0.2) is 0 Å². The van der Waals surface area contributed by atoms with Gasteiger partial charge in [0.05, 0.1) is 0 Å². The first-order valence-corrected chi connectivity index (χ1v) is 6.06. The number of nitrogens with one attached hydrogen (secondary N) is 1. The Morgan fingerprint density at radius 1 is 1.41 bits per heavy atom. The third-order valence-electron chi connectivity index (χ3n) is 3.68. The molecule has 0 radical (unpaired) electrons. The van der Waals surface area contributed by atoms with E-state index in [0.717, 1.165) is 13.0 Å². The summed E-state index contributed by atoms with van der Waals surface area (Å²) in [4.78, 5) is 11.2. The molecule has 1 aliphatic rings. The molecule has 1 aliphatic heterocycles. The lowest BCUT2D eigenvalue weighted by molar-refractivity contribution is -0.145. The summed E-state index contributed by atoms with van der Waals surface area (Å²) in [5.74, 6) is -0.410. The molecule has 3 heteroatoms. The van der Waals surface area contributed by atoms with Gasteiger partial charge in [-0.25, -0.2) is 0 Å². The Morgan fingerprint density at radius 3 is 2.65 bits per heavy atom. The van der Waals surface area contributed by atoms with Crippen LogP contribution in [0.5, 0.6) is 0 Å². The van der Waals surface area contributed by atoms with Crippen molar-refractivity contribution >= 4 is 5.97 Å². The Labute approximate surface area is 102 Å². The van der Waals surface area contributed by atoms with Crippen LogP contribution < -0.4 is 5.32 Å². The quantitative estimate of drug-likeness (QED) is 0.824. The fraction of sp³-hybridized carbons (Fsp3) is 0.500. The van der Waals surface area contributed by atoms with E-state index in [0.29, 0.717) is 12.3 Å². The van der Waals surface area contributed by atoms with Crippen LogP contribution >= 0.6 is 0 Å². The van der Waals surface area contributed by atoms with Crippen molar-refractivity contribution in [3.8, 4) is 0 Å². The van der Waals surface area contributed by atoms with Crippen LogP contribution in [0, 0.1) is 6.92 Å². The molecular formula is C14H19NO2. The normalized spacial score (nSPS) is 28.9. The van der Waals surface area contributed by atoms with Crippen molar-refractivity contribution < 1.29 is 9.90 Å². The topological polar surface area (TPSA) is 49.3 Å². The molecule has 0 saturated carbocycles. The van der Waals surface area contributed by atoms with Gasteiger partial charge in [-0.2, -0.15) is 0 Å². The van der Waals surface area contributed by atoms with E-state index in [4.69, 9.17) is 0 Å². The van der Waals surface area contributed by atoms with Crippen molar-refractivity contribution in [1.29, 1.82) is 0 Å². The third kappa shape index (κ3) is 2.50. The summed E-state index contributed by atoms with van der Waals surface area (Å²) in [6.07, 6.45) is 1.66. The Balaban J connectivity index is 2.17. The molecule has 1 aromatic carbocycles. The Hall–Kier alpha value is -1.35. The van der Waals surface area contributed by atoms with Crippen LogP contribution in [-0.4, -0.2) is 23.2 Å². The van der Waals surface area contributed by atoms with E-state index in [1.807, 2.05) is 0 Å². The molecule has 0 spiro atoms. The average Bonchev–Trinajstić information content (AvgIpc) is 2.30. The molecule has 17 heavy (non-hydrogen) atoms. The molecule has 2 N–H and O–H groups in total. The number of piperidine rings is 1. The number of benzene rings is 1. The van der Waals surface area contributed by atoms with Gasteiger partial charge in [0.25, 0.3) is 0 Å². The van der Waals surface area contributed by atoms with Crippen molar-refractivity contribution in [3.05, 3.63) is 35.4 Å². The van der Waals surface area contributed by atoms with E-state index >= 15 is 0 Å². The molecule has 2 rings (SSSR count). The molecule has 0 amide bonds. The molecular weight excluding hydrogens is 214 g/mol. The van der Waals surface area contributed by atoms with Crippen LogP contribution in [0.4, 0.5) is 0 Å².